The van der Waals surface area contributed by atoms with Crippen molar-refractivity contribution in [1.29, 1.82) is 0 Å². The van der Waals surface area contributed by atoms with Gasteiger partial charge in [0.25, 0.3) is 5.91 Å². The zero-order valence-electron chi connectivity index (χ0n) is 15.9. The number of hydrogen-bond donors (Lipinski definition) is 1. The Balaban J connectivity index is 1.41. The molecule has 1 N–H and O–H groups in total. The summed E-state index contributed by atoms with van der Waals surface area (Å²) in [6.07, 6.45) is 0.462. The Labute approximate surface area is 165 Å². The molecule has 0 spiro atoms. The van der Waals surface area contributed by atoms with Crippen LogP contribution in [0, 0.1) is 11.6 Å². The highest BCUT2D eigenvalue weighted by molar-refractivity contribution is 5.81. The molecule has 29 heavy (non-hydrogen) atoms. The van der Waals surface area contributed by atoms with E-state index in [1.807, 2.05) is 24.3 Å². The SMILES string of the molecule is CC(Oc1ccc(F)c(F)c1)C(=O)N1CCC(n2c(=O)[nH]c3ccccc32)CC1. The Bertz CT molecular complexity index is 1100. The highest BCUT2D eigenvalue weighted by Crippen LogP contribution is 2.25. The van der Waals surface area contributed by atoms with Crippen molar-refractivity contribution >= 4 is 16.9 Å². The highest BCUT2D eigenvalue weighted by Gasteiger charge is 2.29. The van der Waals surface area contributed by atoms with Gasteiger partial charge in [-0.05, 0) is 44.0 Å². The van der Waals surface area contributed by atoms with Crippen molar-refractivity contribution in [2.75, 3.05) is 13.1 Å². The number of rotatable bonds is 4. The van der Waals surface area contributed by atoms with Gasteiger partial charge in [-0.3, -0.25) is 9.36 Å². The van der Waals surface area contributed by atoms with Crippen LogP contribution in [0.2, 0.25) is 0 Å². The molecule has 1 saturated heterocycles. The first-order valence-corrected chi connectivity index (χ1v) is 9.54. The van der Waals surface area contributed by atoms with E-state index in [9.17, 15) is 18.4 Å². The monoisotopic (exact) mass is 401 g/mol. The Morgan fingerprint density at radius 3 is 2.59 bits per heavy atom. The van der Waals surface area contributed by atoms with E-state index in [2.05, 4.69) is 4.98 Å². The molecule has 0 saturated carbocycles. The van der Waals surface area contributed by atoms with Crippen LogP contribution in [0.4, 0.5) is 8.78 Å². The Kier molecular flexibility index (Phi) is 5.08. The minimum absolute atomic E-state index is 0.00474. The lowest BCUT2D eigenvalue weighted by Gasteiger charge is -2.34. The standard InChI is InChI=1S/C21H21F2N3O3/c1-13(29-15-6-7-16(22)17(23)12-15)20(27)25-10-8-14(9-11-25)26-19-5-3-2-4-18(19)24-21(26)28/h2-7,12-14H,8-11H2,1H3,(H,24,28). The van der Waals surface area contributed by atoms with E-state index in [4.69, 9.17) is 4.74 Å². The van der Waals surface area contributed by atoms with Crippen LogP contribution in [0.1, 0.15) is 25.8 Å². The van der Waals surface area contributed by atoms with E-state index in [1.165, 1.54) is 6.07 Å². The van der Waals surface area contributed by atoms with E-state index < -0.39 is 17.7 Å². The van der Waals surface area contributed by atoms with E-state index in [0.29, 0.717) is 25.9 Å². The summed E-state index contributed by atoms with van der Waals surface area (Å²) in [5, 5.41) is 0. The van der Waals surface area contributed by atoms with Crippen molar-refractivity contribution in [3.05, 3.63) is 64.6 Å². The van der Waals surface area contributed by atoms with Gasteiger partial charge in [0.15, 0.2) is 17.7 Å². The van der Waals surface area contributed by atoms with E-state index in [0.717, 1.165) is 23.2 Å². The number of likely N-dealkylation sites (tertiary alicyclic amines) is 1. The molecule has 3 aromatic rings. The number of hydrogen-bond acceptors (Lipinski definition) is 3. The third-order valence-electron chi connectivity index (χ3n) is 5.32. The molecule has 1 amide bonds. The smallest absolute Gasteiger partial charge is 0.326 e. The molecular weight excluding hydrogens is 380 g/mol. The number of ether oxygens (including phenoxy) is 1. The molecule has 8 heteroatoms. The number of fused-ring (bicyclic) bond motifs is 1. The van der Waals surface area contributed by atoms with Crippen molar-refractivity contribution in [3.8, 4) is 5.75 Å². The first kappa shape index (κ1) is 19.2. The fourth-order valence-electron chi connectivity index (χ4n) is 3.84. The average molecular weight is 401 g/mol. The predicted molar refractivity (Wildman–Crippen MR) is 104 cm³/mol. The van der Waals surface area contributed by atoms with Gasteiger partial charge < -0.3 is 14.6 Å². The van der Waals surface area contributed by atoms with Crippen LogP contribution >= 0.6 is 0 Å². The Morgan fingerprint density at radius 2 is 1.86 bits per heavy atom. The van der Waals surface area contributed by atoms with Gasteiger partial charge in [-0.1, -0.05) is 12.1 Å². The van der Waals surface area contributed by atoms with Crippen LogP contribution in [-0.2, 0) is 4.79 Å². The zero-order valence-corrected chi connectivity index (χ0v) is 15.9. The van der Waals surface area contributed by atoms with Gasteiger partial charge in [0, 0.05) is 25.2 Å². The summed E-state index contributed by atoms with van der Waals surface area (Å²) in [6, 6.07) is 10.7. The molecule has 1 fully saturated rings. The van der Waals surface area contributed by atoms with Crippen LogP contribution in [0.15, 0.2) is 47.3 Å². The van der Waals surface area contributed by atoms with E-state index in [1.54, 1.807) is 16.4 Å². The molecule has 4 rings (SSSR count). The zero-order chi connectivity index (χ0) is 20.5. The molecule has 1 aliphatic rings. The summed E-state index contributed by atoms with van der Waals surface area (Å²) < 4.78 is 33.6. The molecule has 1 aromatic heterocycles. The third-order valence-corrected chi connectivity index (χ3v) is 5.32. The van der Waals surface area contributed by atoms with Gasteiger partial charge in [0.05, 0.1) is 11.0 Å². The largest absolute Gasteiger partial charge is 0.481 e. The third kappa shape index (κ3) is 3.74. The summed E-state index contributed by atoms with van der Waals surface area (Å²) in [4.78, 5) is 29.6. The molecule has 0 radical (unpaired) electrons. The van der Waals surface area contributed by atoms with Crippen LogP contribution in [0.3, 0.4) is 0 Å². The summed E-state index contributed by atoms with van der Waals surface area (Å²) >= 11 is 0. The number of H-pyrrole nitrogens is 1. The molecule has 0 aliphatic carbocycles. The van der Waals surface area contributed by atoms with Gasteiger partial charge >= 0.3 is 5.69 Å². The van der Waals surface area contributed by atoms with Crippen LogP contribution in [-0.4, -0.2) is 39.6 Å². The molecule has 1 aliphatic heterocycles. The number of nitrogens with one attached hydrogen (secondary N) is 1. The lowest BCUT2D eigenvalue weighted by Crippen LogP contribution is -2.45. The number of nitrogens with zero attached hydrogens (tertiary/aromatic N) is 2. The van der Waals surface area contributed by atoms with Crippen molar-refractivity contribution in [3.63, 3.8) is 0 Å². The number of aromatic nitrogens is 2. The Morgan fingerprint density at radius 1 is 1.14 bits per heavy atom. The van der Waals surface area contributed by atoms with Gasteiger partial charge in [-0.15, -0.1) is 0 Å². The first-order chi connectivity index (χ1) is 13.9. The minimum Gasteiger partial charge on any atom is -0.481 e. The topological polar surface area (TPSA) is 67.3 Å². The molecule has 1 atom stereocenters. The van der Waals surface area contributed by atoms with Gasteiger partial charge in [-0.25, -0.2) is 13.6 Å². The van der Waals surface area contributed by atoms with Gasteiger partial charge in [0.2, 0.25) is 0 Å². The number of piperidine rings is 1. The van der Waals surface area contributed by atoms with Crippen molar-refractivity contribution in [2.45, 2.75) is 31.9 Å². The molecule has 2 heterocycles. The Hall–Kier alpha value is -3.16. The number of amides is 1. The predicted octanol–water partition coefficient (Wildman–Crippen LogP) is 3.24. The highest BCUT2D eigenvalue weighted by atomic mass is 19.2. The second kappa shape index (κ2) is 7.69. The fraction of sp³-hybridized carbons (Fsp3) is 0.333. The van der Waals surface area contributed by atoms with E-state index >= 15 is 0 Å². The fourth-order valence-corrected chi connectivity index (χ4v) is 3.84. The number of para-hydroxylation sites is 2. The number of halogens is 2. The first-order valence-electron chi connectivity index (χ1n) is 9.54. The van der Waals surface area contributed by atoms with Crippen molar-refractivity contribution < 1.29 is 18.3 Å². The summed E-state index contributed by atoms with van der Waals surface area (Å²) in [6.45, 7) is 2.56. The summed E-state index contributed by atoms with van der Waals surface area (Å²) in [7, 11) is 0. The summed E-state index contributed by atoms with van der Waals surface area (Å²) in [5.41, 5.74) is 1.51. The lowest BCUT2D eigenvalue weighted by molar-refractivity contribution is -0.139. The average Bonchev–Trinajstić information content (AvgIpc) is 3.06. The number of benzene rings is 2. The molecule has 1 unspecified atom stereocenters. The van der Waals surface area contributed by atoms with Gasteiger partial charge in [0.1, 0.15) is 5.75 Å². The van der Waals surface area contributed by atoms with Crippen molar-refractivity contribution in [1.82, 2.24) is 14.5 Å². The van der Waals surface area contributed by atoms with E-state index in [-0.39, 0.29) is 23.4 Å². The van der Waals surface area contributed by atoms with Gasteiger partial charge in [-0.2, -0.15) is 0 Å². The van der Waals surface area contributed by atoms with Crippen molar-refractivity contribution in [2.24, 2.45) is 0 Å². The second-order valence-corrected chi connectivity index (χ2v) is 7.21. The molecule has 152 valence electrons. The molecule has 6 nitrogen and oxygen atoms in total. The number of imidazole rings is 1. The second-order valence-electron chi connectivity index (χ2n) is 7.21. The maximum Gasteiger partial charge on any atom is 0.326 e. The van der Waals surface area contributed by atoms with Crippen LogP contribution < -0.4 is 10.4 Å². The van der Waals surface area contributed by atoms with Crippen LogP contribution in [0.5, 0.6) is 5.75 Å². The number of carbonyl (C=O) groups excluding carboxylic acids is 1. The normalized spacial score (nSPS) is 16.2. The number of aromatic amines is 1. The van der Waals surface area contributed by atoms with Crippen LogP contribution in [0.25, 0.3) is 11.0 Å². The molecular formula is C21H21F2N3O3. The minimum atomic E-state index is -1.02. The number of carbonyl (C=O) groups is 1. The maximum atomic E-state index is 13.3. The lowest BCUT2D eigenvalue weighted by atomic mass is 10.0. The summed E-state index contributed by atoms with van der Waals surface area (Å²) in [5.74, 6) is -2.11. The molecule has 2 aromatic carbocycles. The molecule has 0 bridgehead atoms. The quantitative estimate of drug-likeness (QED) is 0.730. The maximum absolute atomic E-state index is 13.3.